The van der Waals surface area contributed by atoms with Gasteiger partial charge in [-0.15, -0.1) is 0 Å². The fourth-order valence-corrected chi connectivity index (χ4v) is 4.63. The number of methoxy groups -OCH3 is 3. The van der Waals surface area contributed by atoms with Gasteiger partial charge in [0.2, 0.25) is 10.0 Å². The van der Waals surface area contributed by atoms with Gasteiger partial charge in [0.1, 0.15) is 22.1 Å². The third-order valence-corrected chi connectivity index (χ3v) is 6.59. The molecule has 0 aromatic heterocycles. The van der Waals surface area contributed by atoms with Crippen LogP contribution in [0.1, 0.15) is 10.4 Å². The minimum atomic E-state index is -3.85. The quantitative estimate of drug-likeness (QED) is 0.708. The van der Waals surface area contributed by atoms with Crippen LogP contribution in [0.4, 0.5) is 5.69 Å². The van der Waals surface area contributed by atoms with Crippen molar-refractivity contribution in [2.75, 3.05) is 52.9 Å². The first-order valence-electron chi connectivity index (χ1n) is 9.20. The molecule has 0 spiro atoms. The van der Waals surface area contributed by atoms with Crippen molar-refractivity contribution in [1.29, 1.82) is 0 Å². The number of carbonyl (C=O) groups excluding carboxylic acids is 1. The Morgan fingerprint density at radius 2 is 1.67 bits per heavy atom. The van der Waals surface area contributed by atoms with E-state index in [1.807, 2.05) is 0 Å². The maximum absolute atomic E-state index is 13.1. The molecule has 1 heterocycles. The fourth-order valence-electron chi connectivity index (χ4n) is 3.04. The Balaban J connectivity index is 1.92. The summed E-state index contributed by atoms with van der Waals surface area (Å²) in [5, 5.41) is 2.74. The molecule has 1 aliphatic rings. The molecule has 0 aliphatic carbocycles. The molecule has 1 fully saturated rings. The summed E-state index contributed by atoms with van der Waals surface area (Å²) >= 11 is 0. The van der Waals surface area contributed by atoms with Gasteiger partial charge in [-0.25, -0.2) is 8.42 Å². The Hall–Kier alpha value is -2.82. The largest absolute Gasteiger partial charge is 0.497 e. The predicted molar refractivity (Wildman–Crippen MR) is 110 cm³/mol. The van der Waals surface area contributed by atoms with Crippen molar-refractivity contribution in [2.24, 2.45) is 0 Å². The van der Waals surface area contributed by atoms with E-state index >= 15 is 0 Å². The molecule has 2 aromatic carbocycles. The zero-order valence-corrected chi connectivity index (χ0v) is 17.8. The van der Waals surface area contributed by atoms with Crippen LogP contribution < -0.4 is 19.5 Å². The number of carbonyl (C=O) groups is 1. The highest BCUT2D eigenvalue weighted by atomic mass is 32.2. The number of morpholine rings is 1. The number of benzene rings is 2. The van der Waals surface area contributed by atoms with Crippen LogP contribution in [0.3, 0.4) is 0 Å². The normalized spacial score (nSPS) is 14.8. The molecule has 162 valence electrons. The zero-order valence-electron chi connectivity index (χ0n) is 17.0. The number of hydrogen-bond donors (Lipinski definition) is 1. The molecular formula is C20H24N2O7S. The molecule has 1 N–H and O–H groups in total. The molecule has 1 amide bonds. The van der Waals surface area contributed by atoms with Crippen LogP contribution in [0.25, 0.3) is 0 Å². The topological polar surface area (TPSA) is 103 Å². The van der Waals surface area contributed by atoms with E-state index in [1.54, 1.807) is 18.2 Å². The van der Waals surface area contributed by atoms with E-state index in [9.17, 15) is 13.2 Å². The van der Waals surface area contributed by atoms with Crippen LogP contribution in [0.15, 0.2) is 41.3 Å². The molecule has 30 heavy (non-hydrogen) atoms. The van der Waals surface area contributed by atoms with Gasteiger partial charge in [-0.05, 0) is 30.3 Å². The van der Waals surface area contributed by atoms with Gasteiger partial charge >= 0.3 is 0 Å². The summed E-state index contributed by atoms with van der Waals surface area (Å²) in [6.07, 6.45) is 0. The molecule has 2 aromatic rings. The lowest BCUT2D eigenvalue weighted by Crippen LogP contribution is -2.40. The summed E-state index contributed by atoms with van der Waals surface area (Å²) in [5.41, 5.74) is 0.595. The average molecular weight is 436 g/mol. The fraction of sp³-hybridized carbons (Fsp3) is 0.350. The highest BCUT2D eigenvalue weighted by Crippen LogP contribution is 2.31. The number of nitrogens with one attached hydrogen (secondary N) is 1. The lowest BCUT2D eigenvalue weighted by Gasteiger charge is -2.26. The molecule has 0 bridgehead atoms. The summed E-state index contributed by atoms with van der Waals surface area (Å²) in [6.45, 7) is 1.12. The van der Waals surface area contributed by atoms with Crippen molar-refractivity contribution in [1.82, 2.24) is 4.31 Å². The number of amides is 1. The maximum atomic E-state index is 13.1. The highest BCUT2D eigenvalue weighted by Gasteiger charge is 2.30. The summed E-state index contributed by atoms with van der Waals surface area (Å²) in [6, 6.07) is 9.24. The Bertz CT molecular complexity index is 1020. The van der Waals surface area contributed by atoms with Crippen molar-refractivity contribution in [3.63, 3.8) is 0 Å². The second-order valence-corrected chi connectivity index (χ2v) is 8.31. The van der Waals surface area contributed by atoms with E-state index in [0.717, 1.165) is 0 Å². The summed E-state index contributed by atoms with van der Waals surface area (Å²) < 4.78 is 48.4. The summed E-state index contributed by atoms with van der Waals surface area (Å²) in [7, 11) is 0.542. The number of sulfonamides is 1. The van der Waals surface area contributed by atoms with Crippen LogP contribution in [0.2, 0.25) is 0 Å². The third-order valence-electron chi connectivity index (χ3n) is 4.67. The van der Waals surface area contributed by atoms with E-state index in [1.165, 1.54) is 43.8 Å². The SMILES string of the molecule is COc1ccc(NC(=O)c2ccc(OC)c(S(=O)(=O)N3CCOCC3)c2)c(OC)c1. The number of nitrogens with zero attached hydrogens (tertiary/aromatic N) is 1. The zero-order chi connectivity index (χ0) is 21.7. The van der Waals surface area contributed by atoms with Crippen molar-refractivity contribution < 1.29 is 32.2 Å². The van der Waals surface area contributed by atoms with Crippen molar-refractivity contribution in [3.8, 4) is 17.2 Å². The van der Waals surface area contributed by atoms with Crippen LogP contribution in [-0.2, 0) is 14.8 Å². The van der Waals surface area contributed by atoms with Gasteiger partial charge < -0.3 is 24.3 Å². The Morgan fingerprint density at radius 1 is 0.967 bits per heavy atom. The lowest BCUT2D eigenvalue weighted by atomic mass is 10.2. The molecule has 1 aliphatic heterocycles. The average Bonchev–Trinajstić information content (AvgIpc) is 2.79. The van der Waals surface area contributed by atoms with E-state index in [-0.39, 0.29) is 29.3 Å². The van der Waals surface area contributed by atoms with Crippen molar-refractivity contribution in [3.05, 3.63) is 42.0 Å². The number of rotatable bonds is 7. The van der Waals surface area contributed by atoms with Gasteiger partial charge in [-0.3, -0.25) is 4.79 Å². The number of ether oxygens (including phenoxy) is 4. The maximum Gasteiger partial charge on any atom is 0.255 e. The molecule has 1 saturated heterocycles. The Morgan fingerprint density at radius 3 is 2.30 bits per heavy atom. The lowest BCUT2D eigenvalue weighted by molar-refractivity contribution is 0.0729. The second-order valence-electron chi connectivity index (χ2n) is 6.40. The molecule has 0 unspecified atom stereocenters. The van der Waals surface area contributed by atoms with E-state index in [0.29, 0.717) is 30.4 Å². The van der Waals surface area contributed by atoms with Crippen LogP contribution in [0, 0.1) is 0 Å². The number of hydrogen-bond acceptors (Lipinski definition) is 7. The summed E-state index contributed by atoms with van der Waals surface area (Å²) in [5.74, 6) is 0.671. The first-order chi connectivity index (χ1) is 14.4. The predicted octanol–water partition coefficient (Wildman–Crippen LogP) is 1.99. The van der Waals surface area contributed by atoms with Crippen LogP contribution >= 0.6 is 0 Å². The Labute approximate surface area is 175 Å². The van der Waals surface area contributed by atoms with Gasteiger partial charge in [0.05, 0.1) is 40.2 Å². The first kappa shape index (κ1) is 21.9. The molecule has 3 rings (SSSR count). The standard InChI is InChI=1S/C20H24N2O7S/c1-26-15-5-6-16(18(13-15)28-3)21-20(23)14-4-7-17(27-2)19(12-14)30(24,25)22-8-10-29-11-9-22/h4-7,12-13H,8-11H2,1-3H3,(H,21,23). The van der Waals surface area contributed by atoms with Crippen LogP contribution in [0.5, 0.6) is 17.2 Å². The van der Waals surface area contributed by atoms with E-state index in [2.05, 4.69) is 5.32 Å². The van der Waals surface area contributed by atoms with Gasteiger partial charge in [-0.1, -0.05) is 0 Å². The van der Waals surface area contributed by atoms with Gasteiger partial charge in [0.15, 0.2) is 0 Å². The molecule has 9 nitrogen and oxygen atoms in total. The molecule has 0 saturated carbocycles. The van der Waals surface area contributed by atoms with Crippen molar-refractivity contribution in [2.45, 2.75) is 4.90 Å². The highest BCUT2D eigenvalue weighted by molar-refractivity contribution is 7.89. The molecule has 0 atom stereocenters. The smallest absolute Gasteiger partial charge is 0.255 e. The van der Waals surface area contributed by atoms with E-state index < -0.39 is 15.9 Å². The minimum Gasteiger partial charge on any atom is -0.497 e. The molecule has 10 heteroatoms. The van der Waals surface area contributed by atoms with Crippen LogP contribution in [-0.4, -0.2) is 66.3 Å². The second kappa shape index (κ2) is 9.33. The monoisotopic (exact) mass is 436 g/mol. The minimum absolute atomic E-state index is 0.0683. The van der Waals surface area contributed by atoms with Gasteiger partial charge in [0.25, 0.3) is 5.91 Å². The first-order valence-corrected chi connectivity index (χ1v) is 10.6. The van der Waals surface area contributed by atoms with Gasteiger partial charge in [-0.2, -0.15) is 4.31 Å². The molecule has 0 radical (unpaired) electrons. The number of anilines is 1. The van der Waals surface area contributed by atoms with Gasteiger partial charge in [0, 0.05) is 24.7 Å². The Kier molecular flexibility index (Phi) is 6.80. The van der Waals surface area contributed by atoms with E-state index in [4.69, 9.17) is 18.9 Å². The third kappa shape index (κ3) is 4.50. The van der Waals surface area contributed by atoms with Crippen molar-refractivity contribution >= 4 is 21.6 Å². The summed E-state index contributed by atoms with van der Waals surface area (Å²) in [4.78, 5) is 12.8. The molecular weight excluding hydrogens is 412 g/mol.